The SMILES string of the molecule is C[C@@H]1CC[C@@]2(OC1)O[C@H]1C[C@H]3[C@@H]4C[C@@H](O)[C@@]5(O)C[C@@H](O[C@@H]6O[C@H](CO)[C@H](O[C@@H]7O[C@H](CO)[C@@H](O)[C@H](O[C@@H]8OC[C@@H](O)[C@H](O)[C@H]8O)[C@H]7O[C@@H]7O[C@H](CO)[C@@H](O)[C@H](O)[C@H]7O)[C@H](O)[C@H]6O)[C@H](O)C[C@]5(C)[C@H]4CC[C@]3(C)[C@H]1[C@@H]2C. The van der Waals surface area contributed by atoms with Crippen LogP contribution in [0.15, 0.2) is 0 Å². The van der Waals surface area contributed by atoms with E-state index < -0.39 is 178 Å². The summed E-state index contributed by atoms with van der Waals surface area (Å²) in [6, 6.07) is 0. The van der Waals surface area contributed by atoms with Crippen molar-refractivity contribution >= 4 is 0 Å². The lowest BCUT2D eigenvalue weighted by Crippen LogP contribution is -2.71. The monoisotopic (exact) mass is 1080 g/mol. The number of aliphatic hydroxyl groups is 15. The van der Waals surface area contributed by atoms with Gasteiger partial charge >= 0.3 is 0 Å². The van der Waals surface area contributed by atoms with Gasteiger partial charge in [0.15, 0.2) is 30.9 Å². The maximum atomic E-state index is 12.8. The van der Waals surface area contributed by atoms with E-state index >= 15 is 0 Å². The van der Waals surface area contributed by atoms with Crippen LogP contribution >= 0.6 is 0 Å². The smallest absolute Gasteiger partial charge is 0.187 e. The molecule has 25 nitrogen and oxygen atoms in total. The summed E-state index contributed by atoms with van der Waals surface area (Å²) < 4.78 is 60.6. The van der Waals surface area contributed by atoms with Gasteiger partial charge < -0.3 is 124 Å². The minimum Gasteiger partial charge on any atom is -0.394 e. The highest BCUT2D eigenvalue weighted by molar-refractivity contribution is 5.21. The Hall–Kier alpha value is -1.00. The lowest BCUT2D eigenvalue weighted by molar-refractivity contribution is -0.405. The molecule has 33 atom stereocenters. The molecule has 0 radical (unpaired) electrons. The molecule has 6 heterocycles. The van der Waals surface area contributed by atoms with Gasteiger partial charge in [0, 0.05) is 24.2 Å². The minimum absolute atomic E-state index is 0.00851. The Balaban J connectivity index is 0.846. The van der Waals surface area contributed by atoms with Crippen molar-refractivity contribution in [1.82, 2.24) is 0 Å². The summed E-state index contributed by atoms with van der Waals surface area (Å²) in [6.07, 6.45) is -34.4. The highest BCUT2D eigenvalue weighted by Crippen LogP contribution is 2.72. The van der Waals surface area contributed by atoms with Gasteiger partial charge in [0.25, 0.3) is 0 Å². The summed E-state index contributed by atoms with van der Waals surface area (Å²) in [4.78, 5) is 0. The van der Waals surface area contributed by atoms with E-state index in [9.17, 15) is 76.6 Å². The van der Waals surface area contributed by atoms with Gasteiger partial charge in [0.2, 0.25) is 0 Å². The van der Waals surface area contributed by atoms with Crippen LogP contribution in [-0.2, 0) is 47.4 Å². The Morgan fingerprint density at radius 3 is 1.84 bits per heavy atom. The standard InChI is InChI=1S/C50H82O25/c1-18-5-8-50(67-16-18)19(2)31-25(75-50)10-22-20-9-30(56)49(65)12-26(23(54)11-48(49,4)21(20)6-7-47(22,31)3)68-44-39(64)36(61)40(29(15-53)71-44)72-46-42(74-45-38(63)35(60)33(58)27(13-51)69-45)41(34(59)28(14-52)70-46)73-43-37(62)32(57)24(55)17-66-43/h18-46,51-65H,5-17H2,1-4H3/t18-,19+,20-,21+,22+,23-,24-,25+,26-,27-,28-,29-,30-,31+,32+,33-,34-,35+,36-,37-,38-,39-,40+,41+,42-,43+,44-,45+,46+,47+,48-,49+,50-/m1/s1. The first-order chi connectivity index (χ1) is 35.4. The van der Waals surface area contributed by atoms with E-state index in [4.69, 9.17) is 47.4 Å². The van der Waals surface area contributed by atoms with Gasteiger partial charge in [-0.3, -0.25) is 0 Å². The Bertz CT molecular complexity index is 1950. The minimum atomic E-state index is -2.06. The molecule has 0 unspecified atom stereocenters. The summed E-state index contributed by atoms with van der Waals surface area (Å²) in [6.45, 7) is 6.10. The van der Waals surface area contributed by atoms with Crippen LogP contribution < -0.4 is 0 Å². The van der Waals surface area contributed by atoms with Crippen molar-refractivity contribution in [3.8, 4) is 0 Å². The summed E-state index contributed by atoms with van der Waals surface area (Å²) in [5.74, 6) is 0.493. The molecule has 0 aromatic rings. The van der Waals surface area contributed by atoms with Crippen molar-refractivity contribution in [2.24, 2.45) is 46.3 Å². The largest absolute Gasteiger partial charge is 0.394 e. The van der Waals surface area contributed by atoms with Crippen molar-refractivity contribution in [3.63, 3.8) is 0 Å². The van der Waals surface area contributed by atoms with Gasteiger partial charge in [0.1, 0.15) is 91.6 Å². The van der Waals surface area contributed by atoms with Crippen LogP contribution in [0.5, 0.6) is 0 Å². The van der Waals surface area contributed by atoms with E-state index in [1.54, 1.807) is 0 Å². The normalized spacial score (nSPS) is 59.0. The molecule has 1 spiro atoms. The third-order valence-corrected chi connectivity index (χ3v) is 20.2. The number of hydrogen-bond donors (Lipinski definition) is 15. The van der Waals surface area contributed by atoms with Crippen molar-refractivity contribution in [2.75, 3.05) is 33.0 Å². The van der Waals surface area contributed by atoms with Crippen LogP contribution in [0.4, 0.5) is 0 Å². The molecule has 4 saturated carbocycles. The van der Waals surface area contributed by atoms with E-state index in [0.717, 1.165) is 32.1 Å². The molecule has 0 bridgehead atoms. The predicted molar refractivity (Wildman–Crippen MR) is 246 cm³/mol. The molecule has 6 aliphatic heterocycles. The topological polar surface area (TPSA) is 396 Å². The Morgan fingerprint density at radius 2 is 1.16 bits per heavy atom. The molecule has 10 aliphatic rings. The zero-order chi connectivity index (χ0) is 54.0. The van der Waals surface area contributed by atoms with Gasteiger partial charge in [-0.1, -0.05) is 27.7 Å². The molecule has 10 rings (SSSR count). The molecule has 0 amide bonds. The van der Waals surface area contributed by atoms with Crippen molar-refractivity contribution in [3.05, 3.63) is 0 Å². The average Bonchev–Trinajstić information content (AvgIpc) is 3.91. The molecule has 0 aromatic carbocycles. The fourth-order valence-corrected chi connectivity index (χ4v) is 15.9. The molecule has 6 saturated heterocycles. The van der Waals surface area contributed by atoms with Crippen LogP contribution in [0.3, 0.4) is 0 Å². The van der Waals surface area contributed by atoms with Crippen LogP contribution in [0.2, 0.25) is 0 Å². The van der Waals surface area contributed by atoms with E-state index in [1.807, 2.05) is 6.92 Å². The highest BCUT2D eigenvalue weighted by atomic mass is 16.8. The molecule has 4 aliphatic carbocycles. The second kappa shape index (κ2) is 21.4. The molecule has 15 N–H and O–H groups in total. The Morgan fingerprint density at radius 1 is 0.547 bits per heavy atom. The first-order valence-corrected chi connectivity index (χ1v) is 27.0. The zero-order valence-corrected chi connectivity index (χ0v) is 42.7. The molecule has 432 valence electrons. The lowest BCUT2D eigenvalue weighted by Gasteiger charge is -2.66. The van der Waals surface area contributed by atoms with Crippen LogP contribution in [-0.4, -0.2) is 262 Å². The second-order valence-electron chi connectivity index (χ2n) is 24.3. The molecule has 0 aromatic heterocycles. The average molecular weight is 1080 g/mol. The van der Waals surface area contributed by atoms with Crippen molar-refractivity contribution in [2.45, 2.75) is 232 Å². The van der Waals surface area contributed by atoms with Gasteiger partial charge in [-0.05, 0) is 73.5 Å². The first-order valence-electron chi connectivity index (χ1n) is 27.0. The predicted octanol–water partition coefficient (Wildman–Crippen LogP) is -5.21. The van der Waals surface area contributed by atoms with Gasteiger partial charge in [-0.15, -0.1) is 0 Å². The third-order valence-electron chi connectivity index (χ3n) is 20.2. The fraction of sp³-hybridized carbons (Fsp3) is 1.00. The molecular formula is C50H82O25. The zero-order valence-electron chi connectivity index (χ0n) is 42.7. The molecule has 10 fully saturated rings. The van der Waals surface area contributed by atoms with Gasteiger partial charge in [0.05, 0.1) is 63.1 Å². The lowest BCUT2D eigenvalue weighted by atomic mass is 9.42. The number of hydrogen-bond acceptors (Lipinski definition) is 25. The summed E-state index contributed by atoms with van der Waals surface area (Å²) in [5.41, 5.74) is -2.83. The molecule has 75 heavy (non-hydrogen) atoms. The second-order valence-corrected chi connectivity index (χ2v) is 24.3. The molecule has 25 heteroatoms. The quantitative estimate of drug-likeness (QED) is 0.0860. The molecular weight excluding hydrogens is 1000 g/mol. The Kier molecular flexibility index (Phi) is 16.3. The fourth-order valence-electron chi connectivity index (χ4n) is 15.9. The number of ether oxygens (including phenoxy) is 10. The van der Waals surface area contributed by atoms with Crippen LogP contribution in [0.1, 0.15) is 79.1 Å². The van der Waals surface area contributed by atoms with Crippen molar-refractivity contribution < 1.29 is 124 Å². The van der Waals surface area contributed by atoms with Gasteiger partial charge in [-0.2, -0.15) is 0 Å². The van der Waals surface area contributed by atoms with Crippen LogP contribution in [0.25, 0.3) is 0 Å². The summed E-state index contributed by atoms with van der Waals surface area (Å²) in [7, 11) is 0. The number of fused-ring (bicyclic) bond motifs is 7. The number of rotatable bonds is 11. The maximum Gasteiger partial charge on any atom is 0.187 e. The number of aliphatic hydroxyl groups excluding tert-OH is 14. The van der Waals surface area contributed by atoms with Crippen LogP contribution in [0, 0.1) is 46.3 Å². The summed E-state index contributed by atoms with van der Waals surface area (Å²) >= 11 is 0. The highest BCUT2D eigenvalue weighted by Gasteiger charge is 2.73. The van der Waals surface area contributed by atoms with E-state index in [2.05, 4.69) is 20.8 Å². The van der Waals surface area contributed by atoms with Gasteiger partial charge in [-0.25, -0.2) is 0 Å². The summed E-state index contributed by atoms with van der Waals surface area (Å²) in [5, 5.41) is 166. The third kappa shape index (κ3) is 9.39. The van der Waals surface area contributed by atoms with Crippen molar-refractivity contribution in [1.29, 1.82) is 0 Å². The first kappa shape index (κ1) is 57.2. The van der Waals surface area contributed by atoms with E-state index in [-0.39, 0.29) is 54.0 Å². The maximum absolute atomic E-state index is 12.8. The van der Waals surface area contributed by atoms with E-state index in [0.29, 0.717) is 18.9 Å². The Labute approximate surface area is 434 Å². The van der Waals surface area contributed by atoms with E-state index in [1.165, 1.54) is 0 Å².